The second-order valence-electron chi connectivity index (χ2n) is 3.62. The molecule has 1 rings (SSSR count). The normalized spacial score (nSPS) is 14.9. The first-order chi connectivity index (χ1) is 6.51. The van der Waals surface area contributed by atoms with E-state index in [1.165, 1.54) is 0 Å². The standard InChI is InChI=1S/C11H16BrNO/c1-4-11(2,13)9-7-8(14-3)5-6-10(9)12/h5-7H,4,13H2,1-3H3. The molecule has 0 aliphatic heterocycles. The maximum Gasteiger partial charge on any atom is 0.119 e. The third-order valence-electron chi connectivity index (χ3n) is 2.52. The van der Waals surface area contributed by atoms with Crippen molar-refractivity contribution in [1.29, 1.82) is 0 Å². The topological polar surface area (TPSA) is 35.2 Å². The van der Waals surface area contributed by atoms with Crippen LogP contribution >= 0.6 is 15.9 Å². The third kappa shape index (κ3) is 2.28. The van der Waals surface area contributed by atoms with Crippen molar-refractivity contribution < 1.29 is 4.74 Å². The summed E-state index contributed by atoms with van der Waals surface area (Å²) in [4.78, 5) is 0. The minimum Gasteiger partial charge on any atom is -0.497 e. The van der Waals surface area contributed by atoms with Gasteiger partial charge in [0.05, 0.1) is 7.11 Å². The molecule has 0 heterocycles. The van der Waals surface area contributed by atoms with Crippen LogP contribution in [0.2, 0.25) is 0 Å². The molecule has 1 unspecified atom stereocenters. The van der Waals surface area contributed by atoms with Gasteiger partial charge in [-0.15, -0.1) is 0 Å². The van der Waals surface area contributed by atoms with Gasteiger partial charge in [0, 0.05) is 10.0 Å². The van der Waals surface area contributed by atoms with Crippen molar-refractivity contribution in [2.24, 2.45) is 5.73 Å². The van der Waals surface area contributed by atoms with Crippen molar-refractivity contribution in [3.8, 4) is 5.75 Å². The Hall–Kier alpha value is -0.540. The highest BCUT2D eigenvalue weighted by atomic mass is 79.9. The van der Waals surface area contributed by atoms with E-state index in [0.29, 0.717) is 0 Å². The molecule has 0 fully saturated rings. The zero-order chi connectivity index (χ0) is 10.8. The van der Waals surface area contributed by atoms with Gasteiger partial charge in [-0.1, -0.05) is 22.9 Å². The number of ether oxygens (including phenoxy) is 1. The molecule has 14 heavy (non-hydrogen) atoms. The van der Waals surface area contributed by atoms with E-state index in [1.807, 2.05) is 25.1 Å². The Morgan fingerprint density at radius 2 is 2.14 bits per heavy atom. The van der Waals surface area contributed by atoms with Gasteiger partial charge in [-0.05, 0) is 37.1 Å². The molecule has 0 saturated heterocycles. The molecule has 0 aliphatic rings. The number of rotatable bonds is 3. The van der Waals surface area contributed by atoms with Crippen molar-refractivity contribution >= 4 is 15.9 Å². The van der Waals surface area contributed by atoms with E-state index in [0.717, 1.165) is 22.2 Å². The first kappa shape index (κ1) is 11.5. The molecule has 2 nitrogen and oxygen atoms in total. The van der Waals surface area contributed by atoms with Gasteiger partial charge in [-0.3, -0.25) is 0 Å². The molecule has 3 heteroatoms. The van der Waals surface area contributed by atoms with Crippen molar-refractivity contribution in [2.45, 2.75) is 25.8 Å². The van der Waals surface area contributed by atoms with Crippen LogP contribution in [-0.4, -0.2) is 7.11 Å². The molecule has 0 bridgehead atoms. The summed E-state index contributed by atoms with van der Waals surface area (Å²) in [5, 5.41) is 0. The van der Waals surface area contributed by atoms with Crippen LogP contribution in [0.5, 0.6) is 5.75 Å². The fourth-order valence-corrected chi connectivity index (χ4v) is 1.96. The summed E-state index contributed by atoms with van der Waals surface area (Å²) in [6.45, 7) is 4.10. The van der Waals surface area contributed by atoms with Gasteiger partial charge in [-0.25, -0.2) is 0 Å². The Balaban J connectivity index is 3.18. The summed E-state index contributed by atoms with van der Waals surface area (Å²) in [6, 6.07) is 5.86. The Kier molecular flexibility index (Phi) is 3.56. The summed E-state index contributed by atoms with van der Waals surface area (Å²) >= 11 is 3.50. The van der Waals surface area contributed by atoms with Crippen LogP contribution in [-0.2, 0) is 5.54 Å². The highest BCUT2D eigenvalue weighted by molar-refractivity contribution is 9.10. The van der Waals surface area contributed by atoms with Crippen molar-refractivity contribution in [2.75, 3.05) is 7.11 Å². The zero-order valence-electron chi connectivity index (χ0n) is 8.80. The zero-order valence-corrected chi connectivity index (χ0v) is 10.4. The van der Waals surface area contributed by atoms with E-state index in [4.69, 9.17) is 10.5 Å². The van der Waals surface area contributed by atoms with Crippen LogP contribution < -0.4 is 10.5 Å². The van der Waals surface area contributed by atoms with E-state index in [-0.39, 0.29) is 5.54 Å². The number of methoxy groups -OCH3 is 1. The quantitative estimate of drug-likeness (QED) is 0.904. The molecule has 0 aromatic heterocycles. The average molecular weight is 258 g/mol. The number of hydrogen-bond acceptors (Lipinski definition) is 2. The van der Waals surface area contributed by atoms with Gasteiger partial charge in [-0.2, -0.15) is 0 Å². The average Bonchev–Trinajstić information content (AvgIpc) is 2.18. The van der Waals surface area contributed by atoms with Crippen molar-refractivity contribution in [3.05, 3.63) is 28.2 Å². The van der Waals surface area contributed by atoms with Gasteiger partial charge >= 0.3 is 0 Å². The number of hydrogen-bond donors (Lipinski definition) is 1. The first-order valence-corrected chi connectivity index (χ1v) is 5.43. The number of benzene rings is 1. The van der Waals surface area contributed by atoms with Crippen LogP contribution in [0, 0.1) is 0 Å². The largest absolute Gasteiger partial charge is 0.497 e. The summed E-state index contributed by atoms with van der Waals surface area (Å²) in [7, 11) is 1.66. The van der Waals surface area contributed by atoms with Crippen LogP contribution in [0.4, 0.5) is 0 Å². The lowest BCUT2D eigenvalue weighted by Gasteiger charge is -2.25. The summed E-state index contributed by atoms with van der Waals surface area (Å²) in [5.41, 5.74) is 6.95. The van der Waals surface area contributed by atoms with Gasteiger partial charge in [0.25, 0.3) is 0 Å². The smallest absolute Gasteiger partial charge is 0.119 e. The predicted molar refractivity (Wildman–Crippen MR) is 62.5 cm³/mol. The lowest BCUT2D eigenvalue weighted by Crippen LogP contribution is -2.32. The summed E-state index contributed by atoms with van der Waals surface area (Å²) < 4.78 is 6.21. The Morgan fingerprint density at radius 3 is 2.64 bits per heavy atom. The van der Waals surface area contributed by atoms with Crippen LogP contribution in [0.1, 0.15) is 25.8 Å². The number of nitrogens with two attached hydrogens (primary N) is 1. The van der Waals surface area contributed by atoms with E-state index >= 15 is 0 Å². The van der Waals surface area contributed by atoms with E-state index in [9.17, 15) is 0 Å². The molecular formula is C11H16BrNO. The maximum atomic E-state index is 6.18. The van der Waals surface area contributed by atoms with Gasteiger partial charge in [0.15, 0.2) is 0 Å². The molecular weight excluding hydrogens is 242 g/mol. The molecule has 0 radical (unpaired) electrons. The molecule has 0 amide bonds. The highest BCUT2D eigenvalue weighted by Gasteiger charge is 2.21. The Bertz CT molecular complexity index is 323. The first-order valence-electron chi connectivity index (χ1n) is 4.64. The fraction of sp³-hybridized carbons (Fsp3) is 0.455. The van der Waals surface area contributed by atoms with Gasteiger partial charge in [0.2, 0.25) is 0 Å². The second-order valence-corrected chi connectivity index (χ2v) is 4.47. The maximum absolute atomic E-state index is 6.18. The Labute approximate surface area is 93.6 Å². The lowest BCUT2D eigenvalue weighted by atomic mass is 9.90. The molecule has 78 valence electrons. The van der Waals surface area contributed by atoms with E-state index in [1.54, 1.807) is 7.11 Å². The molecule has 0 spiro atoms. The monoisotopic (exact) mass is 257 g/mol. The summed E-state index contributed by atoms with van der Waals surface area (Å²) in [5.74, 6) is 0.841. The second kappa shape index (κ2) is 4.32. The third-order valence-corrected chi connectivity index (χ3v) is 3.21. The van der Waals surface area contributed by atoms with Crippen LogP contribution in [0.3, 0.4) is 0 Å². The lowest BCUT2D eigenvalue weighted by molar-refractivity contribution is 0.409. The van der Waals surface area contributed by atoms with E-state index in [2.05, 4.69) is 22.9 Å². The minimum atomic E-state index is -0.312. The van der Waals surface area contributed by atoms with Crippen molar-refractivity contribution in [3.63, 3.8) is 0 Å². The Morgan fingerprint density at radius 1 is 1.50 bits per heavy atom. The van der Waals surface area contributed by atoms with Crippen LogP contribution in [0.15, 0.2) is 22.7 Å². The fourth-order valence-electron chi connectivity index (χ4n) is 1.26. The summed E-state index contributed by atoms with van der Waals surface area (Å²) in [6.07, 6.45) is 0.888. The molecule has 0 aliphatic carbocycles. The SMILES string of the molecule is CCC(C)(N)c1cc(OC)ccc1Br. The van der Waals surface area contributed by atoms with Gasteiger partial charge in [0.1, 0.15) is 5.75 Å². The highest BCUT2D eigenvalue weighted by Crippen LogP contribution is 2.31. The predicted octanol–water partition coefficient (Wildman–Crippen LogP) is 3.04. The number of halogens is 1. The molecule has 1 aromatic carbocycles. The van der Waals surface area contributed by atoms with Crippen molar-refractivity contribution in [1.82, 2.24) is 0 Å². The molecule has 2 N–H and O–H groups in total. The minimum absolute atomic E-state index is 0.312. The van der Waals surface area contributed by atoms with Crippen LogP contribution in [0.25, 0.3) is 0 Å². The molecule has 1 atom stereocenters. The van der Waals surface area contributed by atoms with Gasteiger partial charge < -0.3 is 10.5 Å². The molecule has 1 aromatic rings. The molecule has 0 saturated carbocycles. The van der Waals surface area contributed by atoms with E-state index < -0.39 is 0 Å².